The molecule has 0 amide bonds. The van der Waals surface area contributed by atoms with Crippen molar-refractivity contribution in [1.29, 1.82) is 0 Å². The highest BCUT2D eigenvalue weighted by molar-refractivity contribution is 8.46. The van der Waals surface area contributed by atoms with Crippen LogP contribution in [0, 0.1) is 0 Å². The van der Waals surface area contributed by atoms with E-state index in [2.05, 4.69) is 12.2 Å². The minimum atomic E-state index is -3.73. The van der Waals surface area contributed by atoms with Gasteiger partial charge in [0.05, 0.1) is 0 Å². The monoisotopic (exact) mass is 233 g/mol. The number of thiol groups is 1. The zero-order valence-electron chi connectivity index (χ0n) is 7.32. The summed E-state index contributed by atoms with van der Waals surface area (Å²) in [4.78, 5) is 9.28. The minimum absolute atomic E-state index is 0.503. The molecule has 0 saturated heterocycles. The number of benzene rings is 1. The molecule has 0 aliphatic heterocycles. The molecule has 4 nitrogen and oxygen atoms in total. The molecule has 0 aromatic heterocycles. The van der Waals surface area contributed by atoms with Crippen LogP contribution in [0.25, 0.3) is 0 Å². The minimum Gasteiger partial charge on any atom is -0.378 e. The summed E-state index contributed by atoms with van der Waals surface area (Å²) in [6.07, 6.45) is -1.40. The first-order chi connectivity index (χ1) is 6.43. The Morgan fingerprint density at radius 3 is 2.21 bits per heavy atom. The van der Waals surface area contributed by atoms with Gasteiger partial charge in [-0.3, -0.25) is 4.57 Å². The summed E-state index contributed by atoms with van der Waals surface area (Å²) in [5.41, 5.74) is 4.68. The van der Waals surface area contributed by atoms with Gasteiger partial charge in [0, 0.05) is 0 Å². The summed E-state index contributed by atoms with van der Waals surface area (Å²) in [6, 6.07) is 8.42. The first-order valence-corrected chi connectivity index (χ1v) is 6.85. The van der Waals surface area contributed by atoms with Gasteiger partial charge >= 0.3 is 0 Å². The highest BCUT2D eigenvalue weighted by Crippen LogP contribution is 2.60. The van der Waals surface area contributed by atoms with Crippen LogP contribution in [-0.4, -0.2) is 16.2 Å². The largest absolute Gasteiger partial charge is 0.378 e. The lowest BCUT2D eigenvalue weighted by atomic mass is 10.1. The molecule has 1 rings (SSSR count). The Bertz CT molecular complexity index is 338. The molecule has 78 valence electrons. The average Bonchev–Trinajstić information content (AvgIpc) is 2.02. The maximum absolute atomic E-state index is 11.3. The second-order valence-electron chi connectivity index (χ2n) is 2.94. The van der Waals surface area contributed by atoms with Gasteiger partial charge < -0.3 is 15.7 Å². The first kappa shape index (κ1) is 11.8. The van der Waals surface area contributed by atoms with Crippen molar-refractivity contribution in [2.45, 2.75) is 11.9 Å². The van der Waals surface area contributed by atoms with Crippen molar-refractivity contribution >= 4 is 18.8 Å². The van der Waals surface area contributed by atoms with Crippen LogP contribution in [0.4, 0.5) is 0 Å². The summed E-state index contributed by atoms with van der Waals surface area (Å²) in [7, 11) is 0. The fourth-order valence-electron chi connectivity index (χ4n) is 1.24. The zero-order valence-corrected chi connectivity index (χ0v) is 9.10. The summed E-state index contributed by atoms with van der Waals surface area (Å²) in [5, 5.41) is 9.20. The molecule has 3 atom stereocenters. The van der Waals surface area contributed by atoms with Crippen molar-refractivity contribution in [1.82, 2.24) is 0 Å². The third kappa shape index (κ3) is 2.83. The predicted octanol–water partition coefficient (Wildman–Crippen LogP) is 1.12. The lowest BCUT2D eigenvalue weighted by Gasteiger charge is -2.21. The topological polar surface area (TPSA) is 83.5 Å². The Hall–Kier alpha value is -0.320. The third-order valence-corrected chi connectivity index (χ3v) is 3.90. The molecule has 1 aromatic carbocycles. The van der Waals surface area contributed by atoms with E-state index in [-0.39, 0.29) is 0 Å². The third-order valence-electron chi connectivity index (χ3n) is 1.83. The van der Waals surface area contributed by atoms with E-state index in [0.29, 0.717) is 5.56 Å². The van der Waals surface area contributed by atoms with Crippen LogP contribution in [0.5, 0.6) is 0 Å². The molecule has 0 aliphatic rings. The van der Waals surface area contributed by atoms with Crippen molar-refractivity contribution in [3.05, 3.63) is 35.9 Å². The fraction of sp³-hybridized carbons (Fsp3) is 0.250. The van der Waals surface area contributed by atoms with E-state index in [0.717, 1.165) is 0 Å². The van der Waals surface area contributed by atoms with Crippen LogP contribution < -0.4 is 5.73 Å². The Balaban J connectivity index is 3.08. The quantitative estimate of drug-likeness (QED) is 0.358. The summed E-state index contributed by atoms with van der Waals surface area (Å²) >= 11 is 3.57. The molecule has 14 heavy (non-hydrogen) atoms. The van der Waals surface area contributed by atoms with E-state index in [1.807, 2.05) is 0 Å². The lowest BCUT2D eigenvalue weighted by Crippen LogP contribution is -2.26. The van der Waals surface area contributed by atoms with Crippen LogP contribution >= 0.6 is 18.8 Å². The molecule has 0 aliphatic carbocycles. The van der Waals surface area contributed by atoms with Crippen LogP contribution in [0.1, 0.15) is 11.2 Å². The molecule has 0 saturated carbocycles. The SMILES string of the molecule is NC(O)C(c1ccccc1)P(=O)(O)S. The molecule has 4 N–H and O–H groups in total. The van der Waals surface area contributed by atoms with E-state index in [1.54, 1.807) is 30.3 Å². The van der Waals surface area contributed by atoms with E-state index in [9.17, 15) is 14.6 Å². The van der Waals surface area contributed by atoms with E-state index < -0.39 is 18.5 Å². The van der Waals surface area contributed by atoms with Gasteiger partial charge in [0.25, 0.3) is 6.57 Å². The van der Waals surface area contributed by atoms with Gasteiger partial charge in [0.15, 0.2) is 0 Å². The lowest BCUT2D eigenvalue weighted by molar-refractivity contribution is 0.172. The molecule has 6 heteroatoms. The Labute approximate surface area is 87.4 Å². The van der Waals surface area contributed by atoms with E-state index in [4.69, 9.17) is 5.73 Å². The van der Waals surface area contributed by atoms with Crippen LogP contribution in [0.3, 0.4) is 0 Å². The first-order valence-electron chi connectivity index (χ1n) is 3.96. The van der Waals surface area contributed by atoms with Crippen molar-refractivity contribution in [3.63, 3.8) is 0 Å². The maximum atomic E-state index is 11.3. The van der Waals surface area contributed by atoms with Crippen LogP contribution in [0.15, 0.2) is 30.3 Å². The molecule has 1 aromatic rings. The highest BCUT2D eigenvalue weighted by Gasteiger charge is 2.33. The van der Waals surface area contributed by atoms with Crippen molar-refractivity contribution < 1.29 is 14.6 Å². The molecule has 0 radical (unpaired) electrons. The van der Waals surface area contributed by atoms with Gasteiger partial charge in [0.1, 0.15) is 11.9 Å². The van der Waals surface area contributed by atoms with Crippen molar-refractivity contribution in [2.75, 3.05) is 0 Å². The number of rotatable bonds is 3. The second kappa shape index (κ2) is 4.47. The molecule has 0 bridgehead atoms. The normalized spacial score (nSPS) is 19.7. The Kier molecular flexibility index (Phi) is 3.75. The summed E-state index contributed by atoms with van der Waals surface area (Å²) in [6.45, 7) is -3.73. The average molecular weight is 233 g/mol. The molecule has 3 unspecified atom stereocenters. The molecular weight excluding hydrogens is 221 g/mol. The Morgan fingerprint density at radius 1 is 1.36 bits per heavy atom. The van der Waals surface area contributed by atoms with Gasteiger partial charge in [-0.05, 0) is 5.56 Å². The van der Waals surface area contributed by atoms with Crippen LogP contribution in [0.2, 0.25) is 0 Å². The maximum Gasteiger partial charge on any atom is 0.263 e. The molecule has 0 spiro atoms. The van der Waals surface area contributed by atoms with Crippen molar-refractivity contribution in [2.24, 2.45) is 5.73 Å². The Morgan fingerprint density at radius 2 is 1.86 bits per heavy atom. The number of aliphatic hydroxyl groups is 1. The molecule has 0 heterocycles. The molecule has 0 fully saturated rings. The van der Waals surface area contributed by atoms with Gasteiger partial charge in [-0.1, -0.05) is 42.6 Å². The number of hydrogen-bond donors (Lipinski definition) is 4. The molecular formula is C8H12NO3PS. The smallest absolute Gasteiger partial charge is 0.263 e. The van der Waals surface area contributed by atoms with Gasteiger partial charge in [0.2, 0.25) is 0 Å². The van der Waals surface area contributed by atoms with Crippen LogP contribution in [-0.2, 0) is 4.57 Å². The second-order valence-corrected chi connectivity index (χ2v) is 6.39. The van der Waals surface area contributed by atoms with E-state index in [1.165, 1.54) is 0 Å². The van der Waals surface area contributed by atoms with Gasteiger partial charge in [-0.25, -0.2) is 0 Å². The van der Waals surface area contributed by atoms with E-state index >= 15 is 0 Å². The highest BCUT2D eigenvalue weighted by atomic mass is 32.7. The van der Waals surface area contributed by atoms with Gasteiger partial charge in [-0.15, -0.1) is 0 Å². The number of hydrogen-bond acceptors (Lipinski definition) is 3. The standard InChI is InChI=1S/C8H12NO3PS/c9-8(10)7(13(11,12)14)6-4-2-1-3-5-6/h1-5,7-8,10H,9H2,(H2,11,12,14). The predicted molar refractivity (Wildman–Crippen MR) is 58.2 cm³/mol. The zero-order chi connectivity index (χ0) is 10.8. The van der Waals surface area contributed by atoms with Gasteiger partial charge in [-0.2, -0.15) is 0 Å². The fourth-order valence-corrected chi connectivity index (χ4v) is 3.01. The van der Waals surface area contributed by atoms with Crippen molar-refractivity contribution in [3.8, 4) is 0 Å². The number of nitrogens with two attached hydrogens (primary N) is 1. The summed E-state index contributed by atoms with van der Waals surface area (Å²) < 4.78 is 11.3. The number of aliphatic hydroxyl groups excluding tert-OH is 1. The summed E-state index contributed by atoms with van der Waals surface area (Å²) in [5.74, 6) is 0.